The lowest BCUT2D eigenvalue weighted by molar-refractivity contribution is -0.121. The molecule has 8 nitrogen and oxygen atoms in total. The highest BCUT2D eigenvalue weighted by Gasteiger charge is 2.23. The molecule has 0 bridgehead atoms. The number of amides is 3. The molecular weight excluding hydrogens is 396 g/mol. The number of rotatable bonds is 9. The summed E-state index contributed by atoms with van der Waals surface area (Å²) in [6.07, 6.45) is 5.95. The highest BCUT2D eigenvalue weighted by Crippen LogP contribution is 2.23. The third-order valence-corrected chi connectivity index (χ3v) is 6.06. The van der Waals surface area contributed by atoms with E-state index in [9.17, 15) is 9.59 Å². The predicted molar refractivity (Wildman–Crippen MR) is 119 cm³/mol. The Morgan fingerprint density at radius 2 is 1.81 bits per heavy atom. The number of benzene rings is 1. The number of nitrogens with zero attached hydrogens (tertiary/aromatic N) is 1. The molecule has 1 unspecified atom stereocenters. The lowest BCUT2D eigenvalue weighted by Crippen LogP contribution is -2.45. The zero-order valence-corrected chi connectivity index (χ0v) is 18.5. The van der Waals surface area contributed by atoms with Crippen molar-refractivity contribution in [1.82, 2.24) is 20.9 Å². The van der Waals surface area contributed by atoms with Crippen LogP contribution >= 0.6 is 0 Å². The first-order valence-corrected chi connectivity index (χ1v) is 11.4. The van der Waals surface area contributed by atoms with Crippen LogP contribution in [0.1, 0.15) is 50.1 Å². The molecule has 3 amide bonds. The summed E-state index contributed by atoms with van der Waals surface area (Å²) >= 11 is 0. The summed E-state index contributed by atoms with van der Waals surface area (Å²) in [4.78, 5) is 26.7. The number of hydrogen-bond acceptors (Lipinski definition) is 5. The fraction of sp³-hybridized carbons (Fsp3) is 0.652. The van der Waals surface area contributed by atoms with E-state index in [1.807, 2.05) is 24.3 Å². The van der Waals surface area contributed by atoms with Gasteiger partial charge in [0.25, 0.3) is 0 Å². The van der Waals surface area contributed by atoms with Crippen LogP contribution in [-0.2, 0) is 9.53 Å². The molecule has 3 rings (SSSR count). The van der Waals surface area contributed by atoms with Crippen molar-refractivity contribution in [2.24, 2.45) is 0 Å². The molecular formula is C23H36N4O4. The topological polar surface area (TPSA) is 91.9 Å². The van der Waals surface area contributed by atoms with Crippen LogP contribution in [-0.4, -0.2) is 69.4 Å². The van der Waals surface area contributed by atoms with Gasteiger partial charge >= 0.3 is 6.03 Å². The van der Waals surface area contributed by atoms with Gasteiger partial charge in [-0.15, -0.1) is 0 Å². The summed E-state index contributed by atoms with van der Waals surface area (Å²) in [5.74, 6) is 0.746. The second kappa shape index (κ2) is 12.5. The van der Waals surface area contributed by atoms with E-state index in [0.29, 0.717) is 26.3 Å². The Bertz CT molecular complexity index is 685. The molecule has 2 fully saturated rings. The molecule has 1 aromatic carbocycles. The van der Waals surface area contributed by atoms with Crippen molar-refractivity contribution < 1.29 is 19.1 Å². The molecule has 1 atom stereocenters. The molecule has 1 aromatic rings. The van der Waals surface area contributed by atoms with Gasteiger partial charge in [0.2, 0.25) is 5.91 Å². The lowest BCUT2D eigenvalue weighted by Gasteiger charge is -2.35. The first kappa shape index (κ1) is 23.3. The van der Waals surface area contributed by atoms with Crippen molar-refractivity contribution in [3.63, 3.8) is 0 Å². The van der Waals surface area contributed by atoms with Crippen molar-refractivity contribution in [2.75, 3.05) is 46.5 Å². The van der Waals surface area contributed by atoms with E-state index in [0.717, 1.165) is 37.2 Å². The normalized spacial score (nSPS) is 18.7. The summed E-state index contributed by atoms with van der Waals surface area (Å²) in [6.45, 7) is 3.89. The van der Waals surface area contributed by atoms with Crippen molar-refractivity contribution in [1.29, 1.82) is 0 Å². The molecule has 31 heavy (non-hydrogen) atoms. The monoisotopic (exact) mass is 432 g/mol. The molecule has 0 radical (unpaired) electrons. The zero-order chi connectivity index (χ0) is 21.9. The van der Waals surface area contributed by atoms with Gasteiger partial charge in [0.1, 0.15) is 5.75 Å². The quantitative estimate of drug-likeness (QED) is 0.557. The van der Waals surface area contributed by atoms with Gasteiger partial charge in [0.15, 0.2) is 0 Å². The second-order valence-corrected chi connectivity index (χ2v) is 8.23. The van der Waals surface area contributed by atoms with Gasteiger partial charge < -0.3 is 25.4 Å². The number of carbonyl (C=O) groups excluding carboxylic acids is 2. The third kappa shape index (κ3) is 7.70. The van der Waals surface area contributed by atoms with E-state index >= 15 is 0 Å². The maximum atomic E-state index is 12.4. The summed E-state index contributed by atoms with van der Waals surface area (Å²) < 4.78 is 10.7. The van der Waals surface area contributed by atoms with Crippen molar-refractivity contribution in [3.05, 3.63) is 29.8 Å². The maximum Gasteiger partial charge on any atom is 0.315 e. The van der Waals surface area contributed by atoms with Crippen molar-refractivity contribution in [3.8, 4) is 5.75 Å². The van der Waals surface area contributed by atoms with Crippen LogP contribution in [0.25, 0.3) is 0 Å². The Kier molecular flexibility index (Phi) is 9.42. The van der Waals surface area contributed by atoms with Crippen LogP contribution in [0.2, 0.25) is 0 Å². The largest absolute Gasteiger partial charge is 0.497 e. The Labute approximate surface area is 185 Å². The average Bonchev–Trinajstić information content (AvgIpc) is 2.81. The molecule has 172 valence electrons. The van der Waals surface area contributed by atoms with Gasteiger partial charge in [-0.1, -0.05) is 31.4 Å². The molecule has 2 aliphatic rings. The van der Waals surface area contributed by atoms with Gasteiger partial charge in [-0.05, 0) is 30.5 Å². The fourth-order valence-electron chi connectivity index (χ4n) is 4.24. The van der Waals surface area contributed by atoms with Gasteiger partial charge in [0.05, 0.1) is 26.4 Å². The van der Waals surface area contributed by atoms with Crippen LogP contribution in [0.3, 0.4) is 0 Å². The van der Waals surface area contributed by atoms with Gasteiger partial charge in [-0.3, -0.25) is 9.69 Å². The Morgan fingerprint density at radius 1 is 1.10 bits per heavy atom. The number of urea groups is 1. The molecule has 0 aromatic heterocycles. The number of carbonyl (C=O) groups is 2. The van der Waals surface area contributed by atoms with E-state index in [1.165, 1.54) is 19.3 Å². The molecule has 3 N–H and O–H groups in total. The number of methoxy groups -OCH3 is 1. The zero-order valence-electron chi connectivity index (χ0n) is 18.5. The number of hydrogen-bond donors (Lipinski definition) is 3. The second-order valence-electron chi connectivity index (χ2n) is 8.23. The minimum Gasteiger partial charge on any atom is -0.497 e. The molecule has 1 saturated carbocycles. The summed E-state index contributed by atoms with van der Waals surface area (Å²) in [6, 6.07) is 8.13. The van der Waals surface area contributed by atoms with E-state index in [4.69, 9.17) is 9.47 Å². The smallest absolute Gasteiger partial charge is 0.315 e. The Hall–Kier alpha value is -2.32. The SMILES string of the molecule is COc1ccc(C(CNC(=O)CCNC(=O)NC2CCCCC2)N2CCOCC2)cc1. The maximum absolute atomic E-state index is 12.4. The predicted octanol–water partition coefficient (Wildman–Crippen LogP) is 2.21. The number of morpholine rings is 1. The minimum absolute atomic E-state index is 0.0651. The van der Waals surface area contributed by atoms with E-state index in [-0.39, 0.29) is 30.4 Å². The van der Waals surface area contributed by atoms with Crippen LogP contribution < -0.4 is 20.7 Å². The van der Waals surface area contributed by atoms with Crippen LogP contribution in [0.15, 0.2) is 24.3 Å². The van der Waals surface area contributed by atoms with Gasteiger partial charge in [-0.2, -0.15) is 0 Å². The third-order valence-electron chi connectivity index (χ3n) is 6.06. The first-order chi connectivity index (χ1) is 15.2. The number of ether oxygens (including phenoxy) is 2. The van der Waals surface area contributed by atoms with Crippen molar-refractivity contribution >= 4 is 11.9 Å². The highest BCUT2D eigenvalue weighted by atomic mass is 16.5. The molecule has 1 heterocycles. The Balaban J connectivity index is 1.43. The minimum atomic E-state index is -0.177. The lowest BCUT2D eigenvalue weighted by atomic mass is 9.96. The molecule has 1 saturated heterocycles. The first-order valence-electron chi connectivity index (χ1n) is 11.4. The molecule has 8 heteroatoms. The van der Waals surface area contributed by atoms with E-state index < -0.39 is 0 Å². The molecule has 1 aliphatic carbocycles. The standard InChI is InChI=1S/C23H36N4O4/c1-30-20-9-7-18(8-10-20)21(27-13-15-31-16-14-27)17-25-22(28)11-12-24-23(29)26-19-5-3-2-4-6-19/h7-10,19,21H,2-6,11-17H2,1H3,(H,25,28)(H2,24,26,29). The molecule has 1 aliphatic heterocycles. The van der Waals surface area contributed by atoms with Crippen LogP contribution in [0, 0.1) is 0 Å². The van der Waals surface area contributed by atoms with E-state index in [1.54, 1.807) is 7.11 Å². The molecule has 0 spiro atoms. The average molecular weight is 433 g/mol. The van der Waals surface area contributed by atoms with Gasteiger partial charge in [0, 0.05) is 38.6 Å². The van der Waals surface area contributed by atoms with Gasteiger partial charge in [-0.25, -0.2) is 4.79 Å². The summed E-state index contributed by atoms with van der Waals surface area (Å²) in [5.41, 5.74) is 1.13. The number of nitrogens with one attached hydrogen (secondary N) is 3. The fourth-order valence-corrected chi connectivity index (χ4v) is 4.24. The van der Waals surface area contributed by atoms with Crippen LogP contribution in [0.5, 0.6) is 5.75 Å². The van der Waals surface area contributed by atoms with Crippen molar-refractivity contribution in [2.45, 2.75) is 50.6 Å². The van der Waals surface area contributed by atoms with Crippen LogP contribution in [0.4, 0.5) is 4.79 Å². The summed E-state index contributed by atoms with van der Waals surface area (Å²) in [5, 5.41) is 8.85. The highest BCUT2D eigenvalue weighted by molar-refractivity contribution is 5.78. The summed E-state index contributed by atoms with van der Waals surface area (Å²) in [7, 11) is 1.65. The Morgan fingerprint density at radius 3 is 2.48 bits per heavy atom. The van der Waals surface area contributed by atoms with E-state index in [2.05, 4.69) is 20.9 Å².